The molecule has 0 bridgehead atoms. The number of amides is 3. The fourth-order valence-corrected chi connectivity index (χ4v) is 4.07. The highest BCUT2D eigenvalue weighted by molar-refractivity contribution is 5.95. The third-order valence-electron chi connectivity index (χ3n) is 6.08. The largest absolute Gasteiger partial charge is 0.392 e. The van der Waals surface area contributed by atoms with Crippen LogP contribution >= 0.6 is 0 Å². The number of benzene rings is 3. The Kier molecular flexibility index (Phi) is 8.69. The van der Waals surface area contributed by atoms with Crippen molar-refractivity contribution in [2.75, 3.05) is 16.8 Å². The first kappa shape index (κ1) is 25.7. The lowest BCUT2D eigenvalue weighted by atomic mass is 10.0. The van der Waals surface area contributed by atoms with Crippen molar-refractivity contribution in [2.45, 2.75) is 38.8 Å². The van der Waals surface area contributed by atoms with Crippen molar-refractivity contribution < 1.29 is 19.5 Å². The molecule has 0 spiro atoms. The smallest absolute Gasteiger partial charge is 0.243 e. The molecular weight excluding hydrogens is 466 g/mol. The van der Waals surface area contributed by atoms with Crippen molar-refractivity contribution in [2.24, 2.45) is 0 Å². The van der Waals surface area contributed by atoms with Crippen LogP contribution in [-0.2, 0) is 27.5 Å². The summed E-state index contributed by atoms with van der Waals surface area (Å²) in [7, 11) is 0. The van der Waals surface area contributed by atoms with E-state index in [1.54, 1.807) is 29.2 Å². The summed E-state index contributed by atoms with van der Waals surface area (Å²) in [6.07, 6.45) is 1.63. The second-order valence-corrected chi connectivity index (χ2v) is 8.79. The van der Waals surface area contributed by atoms with Gasteiger partial charge in [0.05, 0.1) is 25.4 Å². The van der Waals surface area contributed by atoms with Crippen molar-refractivity contribution in [3.63, 3.8) is 0 Å². The topological polar surface area (TPSA) is 98.7 Å². The predicted octanol–water partition coefficient (Wildman–Crippen LogP) is 3.74. The van der Waals surface area contributed by atoms with Crippen molar-refractivity contribution >= 4 is 29.1 Å². The van der Waals surface area contributed by atoms with Crippen LogP contribution in [-0.4, -0.2) is 29.4 Å². The number of rotatable bonds is 9. The normalized spacial score (nSPS) is 11.6. The Balaban J connectivity index is 1.24. The fraction of sp³-hybridized carbons (Fsp3) is 0.233. The van der Waals surface area contributed by atoms with Gasteiger partial charge < -0.3 is 20.6 Å². The first-order valence-corrected chi connectivity index (χ1v) is 12.3. The molecule has 0 aromatic heterocycles. The Morgan fingerprint density at radius 3 is 2.27 bits per heavy atom. The van der Waals surface area contributed by atoms with Crippen molar-refractivity contribution in [3.05, 3.63) is 95.1 Å². The lowest BCUT2D eigenvalue weighted by Gasteiger charge is -2.26. The molecule has 4 rings (SSSR count). The lowest BCUT2D eigenvalue weighted by molar-refractivity contribution is -0.124. The molecule has 1 aliphatic rings. The van der Waals surface area contributed by atoms with Crippen molar-refractivity contribution in [3.8, 4) is 11.8 Å². The van der Waals surface area contributed by atoms with Gasteiger partial charge in [0.1, 0.15) is 0 Å². The van der Waals surface area contributed by atoms with Gasteiger partial charge in [-0.25, -0.2) is 0 Å². The Morgan fingerprint density at radius 1 is 0.811 bits per heavy atom. The van der Waals surface area contributed by atoms with E-state index in [9.17, 15) is 14.4 Å². The van der Waals surface area contributed by atoms with E-state index in [-0.39, 0.29) is 37.3 Å². The minimum atomic E-state index is -0.334. The number of hydrogen-bond donors (Lipinski definition) is 3. The number of unbranched alkanes of at least 4 members (excludes halogenated alkanes) is 1. The van der Waals surface area contributed by atoms with Crippen molar-refractivity contribution in [1.82, 2.24) is 5.32 Å². The summed E-state index contributed by atoms with van der Waals surface area (Å²) in [6, 6.07) is 22.3. The second-order valence-electron chi connectivity index (χ2n) is 8.79. The number of nitrogens with zero attached hydrogens (tertiary/aromatic N) is 1. The molecule has 3 N–H and O–H groups in total. The zero-order valence-electron chi connectivity index (χ0n) is 20.5. The molecule has 0 fully saturated rings. The van der Waals surface area contributed by atoms with E-state index in [0.717, 1.165) is 27.9 Å². The van der Waals surface area contributed by atoms with Crippen LogP contribution in [0.2, 0.25) is 0 Å². The van der Waals surface area contributed by atoms with E-state index < -0.39 is 0 Å². The third kappa shape index (κ3) is 7.06. The summed E-state index contributed by atoms with van der Waals surface area (Å²) in [6.45, 7) is 0.243. The minimum absolute atomic E-state index is 0.0158. The van der Waals surface area contributed by atoms with E-state index in [1.807, 2.05) is 48.5 Å². The summed E-state index contributed by atoms with van der Waals surface area (Å²) in [5.41, 5.74) is 4.86. The molecule has 1 heterocycles. The fourth-order valence-electron chi connectivity index (χ4n) is 4.07. The molecule has 7 nitrogen and oxygen atoms in total. The molecule has 3 amide bonds. The molecule has 188 valence electrons. The van der Waals surface area contributed by atoms with Gasteiger partial charge in [-0.2, -0.15) is 0 Å². The highest BCUT2D eigenvalue weighted by Gasteiger charge is 2.20. The molecule has 37 heavy (non-hydrogen) atoms. The lowest BCUT2D eigenvalue weighted by Crippen LogP contribution is -2.33. The molecule has 0 atom stereocenters. The van der Waals surface area contributed by atoms with E-state index in [0.29, 0.717) is 31.5 Å². The highest BCUT2D eigenvalue weighted by atomic mass is 16.3. The van der Waals surface area contributed by atoms with Gasteiger partial charge in [0.2, 0.25) is 17.7 Å². The molecule has 3 aromatic rings. The van der Waals surface area contributed by atoms with E-state index in [4.69, 9.17) is 5.11 Å². The van der Waals surface area contributed by atoms with Crippen LogP contribution in [0.3, 0.4) is 0 Å². The van der Waals surface area contributed by atoms with Gasteiger partial charge >= 0.3 is 0 Å². The molecule has 7 heteroatoms. The molecule has 0 radical (unpaired) electrons. The first-order chi connectivity index (χ1) is 18.0. The van der Waals surface area contributed by atoms with Crippen LogP contribution in [0.1, 0.15) is 47.9 Å². The number of aliphatic hydroxyl groups excluding tert-OH is 1. The average molecular weight is 496 g/mol. The number of carbonyl (C=O) groups excluding carboxylic acids is 3. The van der Waals surface area contributed by atoms with E-state index in [2.05, 4.69) is 22.5 Å². The van der Waals surface area contributed by atoms with Gasteiger partial charge in [0, 0.05) is 29.7 Å². The molecular formula is C30H29N3O4. The number of anilines is 2. The molecule has 1 aliphatic heterocycles. The maximum absolute atomic E-state index is 13.2. The minimum Gasteiger partial charge on any atom is -0.392 e. The molecule has 3 aromatic carbocycles. The standard InChI is InChI=1S/C30H29N3O4/c34-21-22-13-17-26(18-14-22)32-29(36)19-31-28(35)11-5-6-12-30(37)33-20-25-9-2-1-7-23(25)15-16-24-8-3-4-10-27(24)33/h1-4,7-10,13-14,17-18,34H,5-6,11-12,19-21H2,(H,31,35)(H,32,36). The Morgan fingerprint density at radius 2 is 1.49 bits per heavy atom. The number of hydrogen-bond acceptors (Lipinski definition) is 4. The van der Waals surface area contributed by atoms with Crippen LogP contribution < -0.4 is 15.5 Å². The summed E-state index contributed by atoms with van der Waals surface area (Å²) in [5.74, 6) is 5.82. The van der Waals surface area contributed by atoms with Crippen LogP contribution in [0, 0.1) is 11.8 Å². The van der Waals surface area contributed by atoms with Gasteiger partial charge in [-0.1, -0.05) is 54.3 Å². The Hall–Kier alpha value is -4.41. The Labute approximate surface area is 216 Å². The second kappa shape index (κ2) is 12.5. The first-order valence-electron chi connectivity index (χ1n) is 12.3. The van der Waals surface area contributed by atoms with E-state index >= 15 is 0 Å². The summed E-state index contributed by atoms with van der Waals surface area (Å²) in [5, 5.41) is 14.4. The van der Waals surface area contributed by atoms with Gasteiger partial charge in [0.15, 0.2) is 0 Å². The highest BCUT2D eigenvalue weighted by Crippen LogP contribution is 2.26. The van der Waals surface area contributed by atoms with Crippen LogP contribution in [0.25, 0.3) is 0 Å². The maximum atomic E-state index is 13.2. The van der Waals surface area contributed by atoms with Crippen LogP contribution in [0.5, 0.6) is 0 Å². The van der Waals surface area contributed by atoms with Crippen LogP contribution in [0.15, 0.2) is 72.8 Å². The van der Waals surface area contributed by atoms with Gasteiger partial charge in [-0.05, 0) is 54.3 Å². The number of nitrogens with one attached hydrogen (secondary N) is 2. The summed E-state index contributed by atoms with van der Waals surface area (Å²) >= 11 is 0. The molecule has 0 saturated heterocycles. The number of para-hydroxylation sites is 1. The van der Waals surface area contributed by atoms with Gasteiger partial charge in [-0.15, -0.1) is 0 Å². The zero-order chi connectivity index (χ0) is 26.0. The van der Waals surface area contributed by atoms with Crippen molar-refractivity contribution in [1.29, 1.82) is 0 Å². The number of fused-ring (bicyclic) bond motifs is 2. The molecule has 0 unspecified atom stereocenters. The monoisotopic (exact) mass is 495 g/mol. The number of aliphatic hydroxyl groups is 1. The molecule has 0 saturated carbocycles. The summed E-state index contributed by atoms with van der Waals surface area (Å²) in [4.78, 5) is 39.3. The predicted molar refractivity (Wildman–Crippen MR) is 143 cm³/mol. The van der Waals surface area contributed by atoms with Gasteiger partial charge in [0.25, 0.3) is 0 Å². The van der Waals surface area contributed by atoms with Crippen LogP contribution in [0.4, 0.5) is 11.4 Å². The SMILES string of the molecule is O=C(CCCCC(=O)N1Cc2ccccc2C#Cc2ccccc21)NCC(=O)Nc1ccc(CO)cc1. The van der Waals surface area contributed by atoms with Gasteiger partial charge in [-0.3, -0.25) is 14.4 Å². The quantitative estimate of drug-likeness (QED) is 0.311. The summed E-state index contributed by atoms with van der Waals surface area (Å²) < 4.78 is 0. The third-order valence-corrected chi connectivity index (χ3v) is 6.08. The maximum Gasteiger partial charge on any atom is 0.243 e. The van der Waals surface area contributed by atoms with E-state index in [1.165, 1.54) is 0 Å². The molecule has 0 aliphatic carbocycles. The number of carbonyl (C=O) groups is 3. The Bertz CT molecular complexity index is 1340. The average Bonchev–Trinajstić information content (AvgIpc) is 2.91. The zero-order valence-corrected chi connectivity index (χ0v) is 20.5.